The lowest BCUT2D eigenvalue weighted by Crippen LogP contribution is -2.29. The van der Waals surface area contributed by atoms with Crippen LogP contribution in [0.5, 0.6) is 0 Å². The van der Waals surface area contributed by atoms with Gasteiger partial charge in [0, 0.05) is 18.3 Å². The number of rotatable bonds is 5. The van der Waals surface area contributed by atoms with Gasteiger partial charge in [-0.2, -0.15) is 0 Å². The van der Waals surface area contributed by atoms with Crippen molar-refractivity contribution in [2.75, 3.05) is 11.9 Å². The molecular weight excluding hydrogens is 218 g/mol. The Labute approximate surface area is 83.2 Å². The zero-order chi connectivity index (χ0) is 9.56. The summed E-state index contributed by atoms with van der Waals surface area (Å²) in [5.41, 5.74) is 0. The Morgan fingerprint density at radius 1 is 1.42 bits per heavy atom. The zero-order valence-electron chi connectivity index (χ0n) is 8.06. The third-order valence-electron chi connectivity index (χ3n) is 1.50. The number of hydrogen-bond acceptors (Lipinski definition) is 1. The number of amides is 1. The quantitative estimate of drug-likeness (QED) is 0.728. The van der Waals surface area contributed by atoms with Crippen LogP contribution >= 0.6 is 15.9 Å². The van der Waals surface area contributed by atoms with Crippen molar-refractivity contribution in [3.63, 3.8) is 0 Å². The second-order valence-electron chi connectivity index (χ2n) is 3.66. The van der Waals surface area contributed by atoms with E-state index < -0.39 is 0 Å². The van der Waals surface area contributed by atoms with E-state index in [1.54, 1.807) is 0 Å². The van der Waals surface area contributed by atoms with Crippen molar-refractivity contribution < 1.29 is 4.79 Å². The molecule has 0 heterocycles. The van der Waals surface area contributed by atoms with E-state index in [0.29, 0.717) is 18.3 Å². The Balaban J connectivity index is 3.44. The highest BCUT2D eigenvalue weighted by Crippen LogP contribution is 2.00. The van der Waals surface area contributed by atoms with E-state index in [-0.39, 0.29) is 5.91 Å². The minimum atomic E-state index is 0.165. The van der Waals surface area contributed by atoms with Crippen molar-refractivity contribution in [2.24, 2.45) is 11.8 Å². The third-order valence-corrected chi connectivity index (χ3v) is 2.61. The van der Waals surface area contributed by atoms with Gasteiger partial charge in [0.1, 0.15) is 0 Å². The summed E-state index contributed by atoms with van der Waals surface area (Å²) in [6.45, 7) is 6.97. The predicted molar refractivity (Wildman–Crippen MR) is 55.4 cm³/mol. The van der Waals surface area contributed by atoms with Crippen LogP contribution < -0.4 is 5.32 Å². The van der Waals surface area contributed by atoms with E-state index in [9.17, 15) is 4.79 Å². The second kappa shape index (κ2) is 6.46. The molecule has 0 aliphatic rings. The molecule has 0 radical (unpaired) electrons. The predicted octanol–water partition coefficient (Wildman–Crippen LogP) is 2.18. The lowest BCUT2D eigenvalue weighted by atomic mass is 10.1. The molecule has 12 heavy (non-hydrogen) atoms. The topological polar surface area (TPSA) is 29.1 Å². The lowest BCUT2D eigenvalue weighted by molar-refractivity contribution is -0.121. The van der Waals surface area contributed by atoms with Crippen molar-refractivity contribution in [2.45, 2.75) is 27.2 Å². The summed E-state index contributed by atoms with van der Waals surface area (Å²) in [6, 6.07) is 0. The first-order valence-electron chi connectivity index (χ1n) is 4.39. The average molecular weight is 236 g/mol. The summed E-state index contributed by atoms with van der Waals surface area (Å²) in [5.74, 6) is 1.13. The first-order valence-corrected chi connectivity index (χ1v) is 5.51. The fraction of sp³-hybridized carbons (Fsp3) is 0.889. The number of alkyl halides is 1. The van der Waals surface area contributed by atoms with Gasteiger partial charge < -0.3 is 5.32 Å². The van der Waals surface area contributed by atoms with E-state index in [2.05, 4.69) is 28.2 Å². The molecule has 1 unspecified atom stereocenters. The Hall–Kier alpha value is -0.0500. The van der Waals surface area contributed by atoms with Crippen LogP contribution in [0, 0.1) is 11.8 Å². The van der Waals surface area contributed by atoms with E-state index in [0.717, 1.165) is 11.9 Å². The smallest absolute Gasteiger partial charge is 0.220 e. The number of carbonyl (C=O) groups excluding carboxylic acids is 1. The van der Waals surface area contributed by atoms with E-state index in [1.165, 1.54) is 0 Å². The summed E-state index contributed by atoms with van der Waals surface area (Å²) < 4.78 is 0. The van der Waals surface area contributed by atoms with Gasteiger partial charge in [-0.3, -0.25) is 4.79 Å². The van der Waals surface area contributed by atoms with Crippen LogP contribution in [-0.4, -0.2) is 17.8 Å². The molecule has 1 atom stereocenters. The van der Waals surface area contributed by atoms with Gasteiger partial charge in [0.2, 0.25) is 5.91 Å². The van der Waals surface area contributed by atoms with Crippen LogP contribution in [0.1, 0.15) is 27.2 Å². The Morgan fingerprint density at radius 3 is 2.42 bits per heavy atom. The largest absolute Gasteiger partial charge is 0.356 e. The molecule has 0 aliphatic carbocycles. The van der Waals surface area contributed by atoms with Crippen molar-refractivity contribution in [1.29, 1.82) is 0 Å². The average Bonchev–Trinajstić information content (AvgIpc) is 1.99. The Bertz CT molecular complexity index is 136. The molecule has 1 amide bonds. The molecule has 0 saturated heterocycles. The zero-order valence-corrected chi connectivity index (χ0v) is 9.65. The molecule has 72 valence electrons. The summed E-state index contributed by atoms with van der Waals surface area (Å²) in [5, 5.41) is 3.84. The van der Waals surface area contributed by atoms with Crippen molar-refractivity contribution in [1.82, 2.24) is 5.32 Å². The number of nitrogens with one attached hydrogen (secondary N) is 1. The van der Waals surface area contributed by atoms with Crippen LogP contribution in [0.15, 0.2) is 0 Å². The highest BCUT2D eigenvalue weighted by Gasteiger charge is 2.05. The van der Waals surface area contributed by atoms with Gasteiger partial charge in [-0.1, -0.05) is 36.7 Å². The minimum absolute atomic E-state index is 0.165. The third kappa shape index (κ3) is 6.65. The highest BCUT2D eigenvalue weighted by atomic mass is 79.9. The Morgan fingerprint density at radius 2 is 2.00 bits per heavy atom. The van der Waals surface area contributed by atoms with Crippen molar-refractivity contribution in [3.8, 4) is 0 Å². The molecule has 0 saturated carbocycles. The summed E-state index contributed by atoms with van der Waals surface area (Å²) >= 11 is 3.36. The van der Waals surface area contributed by atoms with Crippen molar-refractivity contribution >= 4 is 21.8 Å². The van der Waals surface area contributed by atoms with Gasteiger partial charge in [-0.05, 0) is 11.8 Å². The van der Waals surface area contributed by atoms with Gasteiger partial charge in [0.25, 0.3) is 0 Å². The normalized spacial score (nSPS) is 13.1. The van der Waals surface area contributed by atoms with E-state index >= 15 is 0 Å². The Kier molecular flexibility index (Phi) is 6.44. The SMILES string of the molecule is CC(C)CC(=O)NCC(C)CBr. The van der Waals surface area contributed by atoms with E-state index in [1.807, 2.05) is 13.8 Å². The first kappa shape index (κ1) is 11.9. The molecule has 1 N–H and O–H groups in total. The molecule has 0 aromatic rings. The second-order valence-corrected chi connectivity index (χ2v) is 4.31. The fourth-order valence-corrected chi connectivity index (χ4v) is 1.01. The number of carbonyl (C=O) groups is 1. The number of hydrogen-bond donors (Lipinski definition) is 1. The molecule has 0 aromatic heterocycles. The molecule has 3 heteroatoms. The lowest BCUT2D eigenvalue weighted by Gasteiger charge is -2.10. The number of halogens is 1. The van der Waals surface area contributed by atoms with Crippen molar-refractivity contribution in [3.05, 3.63) is 0 Å². The van der Waals surface area contributed by atoms with Crippen LogP contribution in [0.4, 0.5) is 0 Å². The molecule has 0 fully saturated rings. The van der Waals surface area contributed by atoms with Gasteiger partial charge in [-0.15, -0.1) is 0 Å². The van der Waals surface area contributed by atoms with E-state index in [4.69, 9.17) is 0 Å². The van der Waals surface area contributed by atoms with Crippen LogP contribution in [-0.2, 0) is 4.79 Å². The standard InChI is InChI=1S/C9H18BrNO/c1-7(2)4-9(12)11-6-8(3)5-10/h7-8H,4-6H2,1-3H3,(H,11,12). The maximum Gasteiger partial charge on any atom is 0.220 e. The van der Waals surface area contributed by atoms with Gasteiger partial charge >= 0.3 is 0 Å². The van der Waals surface area contributed by atoms with Gasteiger partial charge in [0.05, 0.1) is 0 Å². The minimum Gasteiger partial charge on any atom is -0.356 e. The molecule has 0 spiro atoms. The molecule has 0 rings (SSSR count). The maximum atomic E-state index is 11.1. The molecule has 2 nitrogen and oxygen atoms in total. The molecular formula is C9H18BrNO. The highest BCUT2D eigenvalue weighted by molar-refractivity contribution is 9.09. The summed E-state index contributed by atoms with van der Waals surface area (Å²) in [4.78, 5) is 11.1. The fourth-order valence-electron chi connectivity index (χ4n) is 0.786. The maximum absolute atomic E-state index is 11.1. The summed E-state index contributed by atoms with van der Waals surface area (Å²) in [7, 11) is 0. The van der Waals surface area contributed by atoms with Crippen LogP contribution in [0.25, 0.3) is 0 Å². The molecule has 0 bridgehead atoms. The summed E-state index contributed by atoms with van der Waals surface area (Å²) in [6.07, 6.45) is 0.634. The molecule has 0 aromatic carbocycles. The molecule has 0 aliphatic heterocycles. The van der Waals surface area contributed by atoms with Gasteiger partial charge in [0.15, 0.2) is 0 Å². The van der Waals surface area contributed by atoms with Crippen LogP contribution in [0.3, 0.4) is 0 Å². The monoisotopic (exact) mass is 235 g/mol. The van der Waals surface area contributed by atoms with Crippen LogP contribution in [0.2, 0.25) is 0 Å². The first-order chi connectivity index (χ1) is 5.56. The van der Waals surface area contributed by atoms with Gasteiger partial charge in [-0.25, -0.2) is 0 Å².